The highest BCUT2D eigenvalue weighted by atomic mass is 16.1. The van der Waals surface area contributed by atoms with Crippen LogP contribution in [0.25, 0.3) is 0 Å². The van der Waals surface area contributed by atoms with Gasteiger partial charge < -0.3 is 11.1 Å². The van der Waals surface area contributed by atoms with Gasteiger partial charge in [-0.3, -0.25) is 4.79 Å². The van der Waals surface area contributed by atoms with Gasteiger partial charge >= 0.3 is 0 Å². The Bertz CT molecular complexity index is 524. The normalized spacial score (nSPS) is 11.7. The van der Waals surface area contributed by atoms with E-state index in [4.69, 9.17) is 5.73 Å². The van der Waals surface area contributed by atoms with Crippen LogP contribution in [0.1, 0.15) is 48.7 Å². The van der Waals surface area contributed by atoms with Crippen LogP contribution in [0.3, 0.4) is 0 Å². The molecule has 0 saturated carbocycles. The van der Waals surface area contributed by atoms with Gasteiger partial charge in [-0.2, -0.15) is 0 Å². The van der Waals surface area contributed by atoms with Crippen molar-refractivity contribution in [3.05, 3.63) is 34.9 Å². The molecule has 0 bridgehead atoms. The summed E-state index contributed by atoms with van der Waals surface area (Å²) in [5.41, 5.74) is 7.83. The van der Waals surface area contributed by atoms with Crippen LogP contribution in [0.4, 0.5) is 0 Å². The van der Waals surface area contributed by atoms with Crippen LogP contribution in [0.2, 0.25) is 0 Å². The molecule has 0 radical (unpaired) electrons. The van der Waals surface area contributed by atoms with Crippen molar-refractivity contribution in [2.45, 2.75) is 40.2 Å². The number of hydrogen-bond donors (Lipinski definition) is 2. The number of rotatable bonds is 4. The van der Waals surface area contributed by atoms with Crippen molar-refractivity contribution < 1.29 is 4.79 Å². The zero-order chi connectivity index (χ0) is 15.1. The lowest BCUT2D eigenvalue weighted by Gasteiger charge is -2.17. The van der Waals surface area contributed by atoms with E-state index in [9.17, 15) is 4.79 Å². The topological polar surface area (TPSA) is 55.1 Å². The van der Waals surface area contributed by atoms with Crippen LogP contribution < -0.4 is 11.1 Å². The van der Waals surface area contributed by atoms with Crippen molar-refractivity contribution in [2.75, 3.05) is 6.54 Å². The predicted octanol–water partition coefficient (Wildman–Crippen LogP) is 2.47. The SMILES string of the molecule is Cc1c(C#CCN)cccc1C(=O)NC(C)CC(C)C. The molecule has 0 spiro atoms. The average molecular weight is 272 g/mol. The standard InChI is InChI=1S/C17H24N2O/c1-12(2)11-13(3)19-17(20)16-9-5-7-15(14(16)4)8-6-10-18/h5,7,9,12-13H,10-11,18H2,1-4H3,(H,19,20). The zero-order valence-electron chi connectivity index (χ0n) is 12.8. The number of nitrogens with two attached hydrogens (primary N) is 1. The summed E-state index contributed by atoms with van der Waals surface area (Å²) in [6.45, 7) is 8.57. The van der Waals surface area contributed by atoms with Crippen molar-refractivity contribution in [3.8, 4) is 11.8 Å². The van der Waals surface area contributed by atoms with Gasteiger partial charge in [0, 0.05) is 17.2 Å². The van der Waals surface area contributed by atoms with Crippen LogP contribution in [0, 0.1) is 24.7 Å². The minimum atomic E-state index is -0.0351. The third-order valence-corrected chi connectivity index (χ3v) is 3.11. The predicted molar refractivity (Wildman–Crippen MR) is 83.5 cm³/mol. The highest BCUT2D eigenvalue weighted by Gasteiger charge is 2.14. The van der Waals surface area contributed by atoms with Gasteiger partial charge in [-0.05, 0) is 43.9 Å². The monoisotopic (exact) mass is 272 g/mol. The van der Waals surface area contributed by atoms with E-state index in [1.165, 1.54) is 0 Å². The number of amides is 1. The minimum absolute atomic E-state index is 0.0351. The molecular formula is C17H24N2O. The Kier molecular flexibility index (Phi) is 6.27. The first-order valence-electron chi connectivity index (χ1n) is 7.05. The molecule has 3 nitrogen and oxygen atoms in total. The maximum absolute atomic E-state index is 12.3. The number of hydrogen-bond acceptors (Lipinski definition) is 2. The maximum Gasteiger partial charge on any atom is 0.251 e. The van der Waals surface area contributed by atoms with Gasteiger partial charge in [-0.15, -0.1) is 0 Å². The first-order chi connectivity index (χ1) is 9.45. The molecule has 20 heavy (non-hydrogen) atoms. The van der Waals surface area contributed by atoms with E-state index in [1.807, 2.05) is 32.0 Å². The Morgan fingerprint density at radius 1 is 1.35 bits per heavy atom. The first-order valence-corrected chi connectivity index (χ1v) is 7.05. The molecule has 1 aromatic carbocycles. The second-order valence-electron chi connectivity index (χ2n) is 5.49. The largest absolute Gasteiger partial charge is 0.350 e. The summed E-state index contributed by atoms with van der Waals surface area (Å²) < 4.78 is 0. The molecule has 3 N–H and O–H groups in total. The average Bonchev–Trinajstić information content (AvgIpc) is 2.36. The lowest BCUT2D eigenvalue weighted by Crippen LogP contribution is -2.34. The molecule has 0 fully saturated rings. The van der Waals surface area contributed by atoms with Crippen LogP contribution >= 0.6 is 0 Å². The van der Waals surface area contributed by atoms with Crippen molar-refractivity contribution in [3.63, 3.8) is 0 Å². The molecule has 1 unspecified atom stereocenters. The van der Waals surface area contributed by atoms with E-state index in [-0.39, 0.29) is 11.9 Å². The summed E-state index contributed by atoms with van der Waals surface area (Å²) in [7, 11) is 0. The number of carbonyl (C=O) groups is 1. The van der Waals surface area contributed by atoms with Crippen molar-refractivity contribution in [1.82, 2.24) is 5.32 Å². The van der Waals surface area contributed by atoms with Crippen LogP contribution in [-0.4, -0.2) is 18.5 Å². The van der Waals surface area contributed by atoms with Crippen LogP contribution in [-0.2, 0) is 0 Å². The van der Waals surface area contributed by atoms with Crippen LogP contribution in [0.15, 0.2) is 18.2 Å². The number of benzene rings is 1. The van der Waals surface area contributed by atoms with E-state index >= 15 is 0 Å². The minimum Gasteiger partial charge on any atom is -0.350 e. The van der Waals surface area contributed by atoms with E-state index in [0.29, 0.717) is 18.0 Å². The Balaban J connectivity index is 2.88. The van der Waals surface area contributed by atoms with Gasteiger partial charge in [-0.1, -0.05) is 31.8 Å². The molecule has 1 aromatic rings. The summed E-state index contributed by atoms with van der Waals surface area (Å²) in [6, 6.07) is 5.77. The third kappa shape index (κ3) is 4.71. The molecule has 0 heterocycles. The van der Waals surface area contributed by atoms with E-state index in [2.05, 4.69) is 31.0 Å². The second kappa shape index (κ2) is 7.72. The molecular weight excluding hydrogens is 248 g/mol. The molecule has 0 saturated heterocycles. The zero-order valence-corrected chi connectivity index (χ0v) is 12.8. The molecule has 1 atom stereocenters. The molecule has 1 rings (SSSR count). The molecule has 1 amide bonds. The number of carbonyl (C=O) groups excluding carboxylic acids is 1. The van der Waals surface area contributed by atoms with Gasteiger partial charge in [0.15, 0.2) is 0 Å². The fourth-order valence-corrected chi connectivity index (χ4v) is 2.23. The summed E-state index contributed by atoms with van der Waals surface area (Å²) >= 11 is 0. The summed E-state index contributed by atoms with van der Waals surface area (Å²) in [5, 5.41) is 3.04. The van der Waals surface area contributed by atoms with Crippen molar-refractivity contribution >= 4 is 5.91 Å². The first kappa shape index (κ1) is 16.3. The molecule has 108 valence electrons. The lowest BCUT2D eigenvalue weighted by atomic mass is 10.0. The second-order valence-corrected chi connectivity index (χ2v) is 5.49. The van der Waals surface area contributed by atoms with E-state index in [1.54, 1.807) is 0 Å². The molecule has 3 heteroatoms. The van der Waals surface area contributed by atoms with Gasteiger partial charge in [0.1, 0.15) is 0 Å². The van der Waals surface area contributed by atoms with Gasteiger partial charge in [0.05, 0.1) is 6.54 Å². The fourth-order valence-electron chi connectivity index (χ4n) is 2.23. The van der Waals surface area contributed by atoms with Crippen molar-refractivity contribution in [2.24, 2.45) is 11.7 Å². The molecule has 0 aliphatic rings. The summed E-state index contributed by atoms with van der Waals surface area (Å²) in [4.78, 5) is 12.3. The van der Waals surface area contributed by atoms with Gasteiger partial charge in [0.2, 0.25) is 0 Å². The van der Waals surface area contributed by atoms with Gasteiger partial charge in [0.25, 0.3) is 5.91 Å². The van der Waals surface area contributed by atoms with Crippen LogP contribution in [0.5, 0.6) is 0 Å². The van der Waals surface area contributed by atoms with Crippen molar-refractivity contribution in [1.29, 1.82) is 0 Å². The Morgan fingerprint density at radius 3 is 2.65 bits per heavy atom. The smallest absolute Gasteiger partial charge is 0.251 e. The maximum atomic E-state index is 12.3. The highest BCUT2D eigenvalue weighted by Crippen LogP contribution is 2.14. The molecule has 0 aliphatic carbocycles. The Labute approximate surface area is 121 Å². The lowest BCUT2D eigenvalue weighted by molar-refractivity contribution is 0.0935. The molecule has 0 aromatic heterocycles. The summed E-state index contributed by atoms with van der Waals surface area (Å²) in [5.74, 6) is 6.35. The fraction of sp³-hybridized carbons (Fsp3) is 0.471. The Hall–Kier alpha value is -1.79. The quantitative estimate of drug-likeness (QED) is 0.827. The Morgan fingerprint density at radius 2 is 2.05 bits per heavy atom. The molecule has 0 aliphatic heterocycles. The van der Waals surface area contributed by atoms with E-state index < -0.39 is 0 Å². The summed E-state index contributed by atoms with van der Waals surface area (Å²) in [6.07, 6.45) is 0.970. The highest BCUT2D eigenvalue weighted by molar-refractivity contribution is 5.96. The van der Waals surface area contributed by atoms with E-state index in [0.717, 1.165) is 17.5 Å². The third-order valence-electron chi connectivity index (χ3n) is 3.11. The number of nitrogens with one attached hydrogen (secondary N) is 1. The van der Waals surface area contributed by atoms with Gasteiger partial charge in [-0.25, -0.2) is 0 Å².